The number of nitrogens with zero attached hydrogens (tertiary/aromatic N) is 1. The highest BCUT2D eigenvalue weighted by molar-refractivity contribution is 5.88. The number of carboxylic acids is 1. The predicted molar refractivity (Wildman–Crippen MR) is 165 cm³/mol. The number of fused-ring (bicyclic) bond motifs is 7. The van der Waals surface area contributed by atoms with Crippen LogP contribution in [0.1, 0.15) is 115 Å². The van der Waals surface area contributed by atoms with Crippen LogP contribution < -0.4 is 0 Å². The van der Waals surface area contributed by atoms with Crippen LogP contribution in [-0.4, -0.2) is 34.6 Å². The van der Waals surface area contributed by atoms with Gasteiger partial charge in [0.15, 0.2) is 0 Å². The highest BCUT2D eigenvalue weighted by Gasteiger charge is 2.69. The van der Waals surface area contributed by atoms with Crippen LogP contribution in [0.25, 0.3) is 5.57 Å². The van der Waals surface area contributed by atoms with Crippen LogP contribution >= 0.6 is 0 Å². The third-order valence-corrected chi connectivity index (χ3v) is 14.1. The van der Waals surface area contributed by atoms with Crippen molar-refractivity contribution in [1.82, 2.24) is 4.90 Å². The zero-order chi connectivity index (χ0) is 28.5. The monoisotopic (exact) mass is 543 g/mol. The largest absolute Gasteiger partial charge is 0.478 e. The summed E-state index contributed by atoms with van der Waals surface area (Å²) in [5, 5.41) is 9.34. The Hall–Kier alpha value is -1.87. The van der Waals surface area contributed by atoms with Gasteiger partial charge in [0.1, 0.15) is 0 Å². The maximum Gasteiger partial charge on any atom is 0.335 e. The second-order valence-corrected chi connectivity index (χ2v) is 15.3. The summed E-state index contributed by atoms with van der Waals surface area (Å²) in [6.45, 7) is 18.6. The standard InChI is InChI=1S/C34H47NO2.C3H6/c1-22-25(23-7-9-24(10-8-23)30(36)37)13-16-31(2)26(22)14-17-33(4)29(31)12-11-27-28-6-5-15-34(28,35-20-21-35)19-18-32(27,33)3;1-3-2/h7-10,13,22,26-29H,5-6,11-12,14-21H2,1-4H3,(H,36,37);3H,1H2,2H3/t22?,26?,27?,28?,29?,31?,32-,33?,34?;/m1./s1. The van der Waals surface area contributed by atoms with E-state index in [0.29, 0.717) is 33.3 Å². The molecule has 0 amide bonds. The summed E-state index contributed by atoms with van der Waals surface area (Å²) in [6.07, 6.45) is 18.4. The van der Waals surface area contributed by atoms with Crippen molar-refractivity contribution in [2.45, 2.75) is 104 Å². The van der Waals surface area contributed by atoms with Gasteiger partial charge in [0.25, 0.3) is 0 Å². The van der Waals surface area contributed by atoms with Gasteiger partial charge >= 0.3 is 5.97 Å². The van der Waals surface area contributed by atoms with Gasteiger partial charge in [0.05, 0.1) is 5.56 Å². The molecule has 0 spiro atoms. The van der Waals surface area contributed by atoms with Crippen molar-refractivity contribution in [2.75, 3.05) is 13.1 Å². The molecule has 6 aliphatic rings. The van der Waals surface area contributed by atoms with E-state index < -0.39 is 5.97 Å². The second kappa shape index (κ2) is 9.85. The van der Waals surface area contributed by atoms with Crippen molar-refractivity contribution in [3.05, 3.63) is 54.1 Å². The van der Waals surface area contributed by atoms with E-state index in [1.807, 2.05) is 19.1 Å². The Balaban J connectivity index is 0.000000925. The maximum absolute atomic E-state index is 11.4. The van der Waals surface area contributed by atoms with Gasteiger partial charge in [-0.1, -0.05) is 58.4 Å². The van der Waals surface area contributed by atoms with E-state index in [9.17, 15) is 9.90 Å². The fourth-order valence-electron chi connectivity index (χ4n) is 12.0. The average Bonchev–Trinajstić information content (AvgIpc) is 3.69. The molecule has 1 aromatic rings. The molecule has 1 heterocycles. The lowest BCUT2D eigenvalue weighted by Crippen LogP contribution is -2.65. The molecule has 7 rings (SSSR count). The van der Waals surface area contributed by atoms with Crippen molar-refractivity contribution in [3.8, 4) is 0 Å². The molecule has 1 saturated heterocycles. The molecule has 8 unspecified atom stereocenters. The number of carboxylic acid groups (broad SMARTS) is 1. The molecule has 5 aliphatic carbocycles. The van der Waals surface area contributed by atoms with Crippen molar-refractivity contribution in [2.24, 2.45) is 45.8 Å². The second-order valence-electron chi connectivity index (χ2n) is 15.3. The quantitative estimate of drug-likeness (QED) is 0.305. The summed E-state index contributed by atoms with van der Waals surface area (Å²) in [6, 6.07) is 7.64. The number of allylic oxidation sites excluding steroid dienone is 3. The Bertz CT molecular complexity index is 1180. The van der Waals surface area contributed by atoms with E-state index in [1.165, 1.54) is 88.4 Å². The first-order valence-electron chi connectivity index (χ1n) is 16.4. The van der Waals surface area contributed by atoms with Gasteiger partial charge in [-0.2, -0.15) is 0 Å². The first kappa shape index (κ1) is 28.3. The summed E-state index contributed by atoms with van der Waals surface area (Å²) in [7, 11) is 0. The molecule has 3 heteroatoms. The molecular weight excluding hydrogens is 490 g/mol. The first-order valence-corrected chi connectivity index (χ1v) is 16.4. The highest BCUT2D eigenvalue weighted by atomic mass is 16.4. The van der Waals surface area contributed by atoms with E-state index in [2.05, 4.69) is 45.2 Å². The molecular formula is C37H53NO2. The third-order valence-electron chi connectivity index (χ3n) is 14.1. The number of carbonyl (C=O) groups is 1. The third kappa shape index (κ3) is 3.89. The number of benzene rings is 1. The van der Waals surface area contributed by atoms with Crippen LogP contribution in [0.4, 0.5) is 0 Å². The molecule has 1 aliphatic heterocycles. The zero-order valence-electron chi connectivity index (χ0n) is 25.8. The van der Waals surface area contributed by atoms with Crippen LogP contribution in [0.3, 0.4) is 0 Å². The van der Waals surface area contributed by atoms with E-state index in [4.69, 9.17) is 0 Å². The van der Waals surface area contributed by atoms with E-state index in [0.717, 1.165) is 23.7 Å². The molecule has 4 saturated carbocycles. The Labute approximate surface area is 243 Å². The van der Waals surface area contributed by atoms with Crippen molar-refractivity contribution >= 4 is 11.5 Å². The zero-order valence-corrected chi connectivity index (χ0v) is 25.8. The maximum atomic E-state index is 11.4. The van der Waals surface area contributed by atoms with E-state index in [-0.39, 0.29) is 0 Å². The lowest BCUT2D eigenvalue weighted by atomic mass is 9.34. The topological polar surface area (TPSA) is 40.3 Å². The van der Waals surface area contributed by atoms with Crippen molar-refractivity contribution in [1.29, 1.82) is 0 Å². The molecule has 5 fully saturated rings. The molecule has 1 aromatic carbocycles. The fourth-order valence-corrected chi connectivity index (χ4v) is 12.0. The average molecular weight is 544 g/mol. The van der Waals surface area contributed by atoms with Crippen LogP contribution in [0.15, 0.2) is 43.0 Å². The lowest BCUT2D eigenvalue weighted by Gasteiger charge is -2.71. The van der Waals surface area contributed by atoms with Gasteiger partial charge in [-0.25, -0.2) is 4.79 Å². The number of rotatable bonds is 3. The van der Waals surface area contributed by atoms with Gasteiger partial charge in [-0.3, -0.25) is 4.90 Å². The number of hydrogen-bond acceptors (Lipinski definition) is 2. The van der Waals surface area contributed by atoms with Gasteiger partial charge in [-0.05, 0) is 134 Å². The van der Waals surface area contributed by atoms with Gasteiger partial charge in [-0.15, -0.1) is 6.58 Å². The fraction of sp³-hybridized carbons (Fsp3) is 0.703. The SMILES string of the molecule is C=CC.CC1C(c2ccc(C(=O)O)cc2)=CCC2(C)C1CCC1(C)C2CCC2C3CCCC3(N3CC3)CC[C@]21C. The highest BCUT2D eigenvalue weighted by Crippen LogP contribution is 2.75. The molecule has 0 bridgehead atoms. The molecule has 40 heavy (non-hydrogen) atoms. The van der Waals surface area contributed by atoms with Crippen LogP contribution in [0, 0.1) is 45.8 Å². The number of hydrogen-bond donors (Lipinski definition) is 1. The first-order chi connectivity index (χ1) is 19.1. The summed E-state index contributed by atoms with van der Waals surface area (Å²) in [5.41, 5.74) is 4.93. The minimum Gasteiger partial charge on any atom is -0.478 e. The molecule has 0 aromatic heterocycles. The Morgan fingerprint density at radius 3 is 2.27 bits per heavy atom. The Kier molecular flexibility index (Phi) is 6.96. The summed E-state index contributed by atoms with van der Waals surface area (Å²) < 4.78 is 0. The smallest absolute Gasteiger partial charge is 0.335 e. The van der Waals surface area contributed by atoms with Gasteiger partial charge < -0.3 is 5.11 Å². The normalized spacial score (nSPS) is 45.4. The van der Waals surface area contributed by atoms with Crippen LogP contribution in [0.5, 0.6) is 0 Å². The van der Waals surface area contributed by atoms with Gasteiger partial charge in [0, 0.05) is 18.6 Å². The molecule has 9 atom stereocenters. The summed E-state index contributed by atoms with van der Waals surface area (Å²) in [5.74, 6) is 3.09. The predicted octanol–water partition coefficient (Wildman–Crippen LogP) is 9.10. The lowest BCUT2D eigenvalue weighted by molar-refractivity contribution is -0.215. The van der Waals surface area contributed by atoms with Crippen LogP contribution in [-0.2, 0) is 0 Å². The van der Waals surface area contributed by atoms with E-state index in [1.54, 1.807) is 18.2 Å². The van der Waals surface area contributed by atoms with Crippen molar-refractivity contribution in [3.63, 3.8) is 0 Å². The number of aromatic carboxylic acids is 1. The van der Waals surface area contributed by atoms with Gasteiger partial charge in [0.2, 0.25) is 0 Å². The Morgan fingerprint density at radius 2 is 1.62 bits per heavy atom. The van der Waals surface area contributed by atoms with Crippen LogP contribution in [0.2, 0.25) is 0 Å². The molecule has 0 radical (unpaired) electrons. The van der Waals surface area contributed by atoms with Crippen molar-refractivity contribution < 1.29 is 9.90 Å². The van der Waals surface area contributed by atoms with E-state index >= 15 is 0 Å². The summed E-state index contributed by atoms with van der Waals surface area (Å²) in [4.78, 5) is 14.3. The molecule has 1 N–H and O–H groups in total. The Morgan fingerprint density at radius 1 is 0.925 bits per heavy atom. The minimum atomic E-state index is -0.840. The minimum absolute atomic E-state index is 0.370. The molecule has 218 valence electrons. The summed E-state index contributed by atoms with van der Waals surface area (Å²) >= 11 is 0. The molecule has 3 nitrogen and oxygen atoms in total.